The Morgan fingerprint density at radius 3 is 2.38 bits per heavy atom. The number of fused-ring (bicyclic) bond motifs is 2. The van der Waals surface area contributed by atoms with Crippen LogP contribution in [0.15, 0.2) is 48.5 Å². The van der Waals surface area contributed by atoms with Gasteiger partial charge in [0.15, 0.2) is 5.78 Å². The van der Waals surface area contributed by atoms with Gasteiger partial charge in [-0.3, -0.25) is 4.79 Å². The number of hydrogen-bond donors (Lipinski definition) is 0. The van der Waals surface area contributed by atoms with Crippen LogP contribution >= 0.6 is 0 Å². The van der Waals surface area contributed by atoms with Crippen molar-refractivity contribution in [3.63, 3.8) is 0 Å². The van der Waals surface area contributed by atoms with Crippen LogP contribution in [0.5, 0.6) is 5.75 Å². The second-order valence-electron chi connectivity index (χ2n) is 8.07. The van der Waals surface area contributed by atoms with Crippen LogP contribution < -0.4 is 4.74 Å². The molecule has 2 aliphatic rings. The molecular weight excluding hydrogens is 366 g/mol. The minimum absolute atomic E-state index is 0.0711. The van der Waals surface area contributed by atoms with E-state index in [-0.39, 0.29) is 36.5 Å². The zero-order valence-corrected chi connectivity index (χ0v) is 17.0. The van der Waals surface area contributed by atoms with Crippen LogP contribution in [0, 0.1) is 12.8 Å². The van der Waals surface area contributed by atoms with E-state index < -0.39 is 0 Å². The number of aryl methyl sites for hydroxylation is 1. The lowest BCUT2D eigenvalue weighted by molar-refractivity contribution is 0.0484. The third-order valence-electron chi connectivity index (χ3n) is 6.14. The lowest BCUT2D eigenvalue weighted by atomic mass is 9.84. The Labute approximate surface area is 171 Å². The Morgan fingerprint density at radius 1 is 1.03 bits per heavy atom. The summed E-state index contributed by atoms with van der Waals surface area (Å²) in [6, 6.07) is 15.6. The number of benzene rings is 2. The molecule has 2 atom stereocenters. The van der Waals surface area contributed by atoms with E-state index in [4.69, 9.17) is 9.47 Å². The van der Waals surface area contributed by atoms with Gasteiger partial charge in [0.1, 0.15) is 12.4 Å². The summed E-state index contributed by atoms with van der Waals surface area (Å²) in [5.74, 6) is 0.666. The Kier molecular flexibility index (Phi) is 5.56. The van der Waals surface area contributed by atoms with E-state index in [1.165, 1.54) is 0 Å². The van der Waals surface area contributed by atoms with Gasteiger partial charge in [-0.25, -0.2) is 4.79 Å². The zero-order valence-electron chi connectivity index (χ0n) is 17.0. The first kappa shape index (κ1) is 19.5. The first-order valence-electron chi connectivity index (χ1n) is 10.2. The average Bonchev–Trinajstić information content (AvgIpc) is 3.01. The smallest absolute Gasteiger partial charge is 0.410 e. The Morgan fingerprint density at radius 2 is 1.72 bits per heavy atom. The SMILES string of the molecule is COc1ccc(C)cc1C(=O)C1CC2CCC(C1)N2C(=O)OCc1ccccc1. The molecule has 2 fully saturated rings. The highest BCUT2D eigenvalue weighted by molar-refractivity contribution is 6.00. The predicted molar refractivity (Wildman–Crippen MR) is 110 cm³/mol. The summed E-state index contributed by atoms with van der Waals surface area (Å²) in [6.45, 7) is 2.25. The highest BCUT2D eigenvalue weighted by atomic mass is 16.6. The second kappa shape index (κ2) is 8.27. The highest BCUT2D eigenvalue weighted by Gasteiger charge is 2.46. The lowest BCUT2D eigenvalue weighted by Crippen LogP contribution is -2.48. The summed E-state index contributed by atoms with van der Waals surface area (Å²) in [4.78, 5) is 27.8. The number of ketones is 1. The van der Waals surface area contributed by atoms with Crippen LogP contribution in [0.2, 0.25) is 0 Å². The molecule has 2 aromatic carbocycles. The molecule has 2 unspecified atom stereocenters. The molecule has 4 rings (SSSR count). The summed E-state index contributed by atoms with van der Waals surface area (Å²) in [5.41, 5.74) is 2.67. The number of hydrogen-bond acceptors (Lipinski definition) is 4. The maximum atomic E-state index is 13.2. The van der Waals surface area contributed by atoms with Gasteiger partial charge in [0.25, 0.3) is 0 Å². The van der Waals surface area contributed by atoms with Crippen LogP contribution in [0.1, 0.15) is 47.2 Å². The normalized spacial score (nSPS) is 23.0. The minimum atomic E-state index is -0.264. The molecule has 2 aliphatic heterocycles. The molecule has 0 saturated carbocycles. The molecular formula is C24H27NO4. The Balaban J connectivity index is 1.43. The number of ether oxygens (including phenoxy) is 2. The number of carbonyl (C=O) groups excluding carboxylic acids is 2. The highest BCUT2D eigenvalue weighted by Crippen LogP contribution is 2.41. The molecule has 5 nitrogen and oxygen atoms in total. The fraction of sp³-hybridized carbons (Fsp3) is 0.417. The van der Waals surface area contributed by atoms with Gasteiger partial charge in [-0.15, -0.1) is 0 Å². The largest absolute Gasteiger partial charge is 0.496 e. The van der Waals surface area contributed by atoms with Gasteiger partial charge >= 0.3 is 6.09 Å². The first-order valence-corrected chi connectivity index (χ1v) is 10.2. The Bertz CT molecular complexity index is 881. The third-order valence-corrected chi connectivity index (χ3v) is 6.14. The van der Waals surface area contributed by atoms with E-state index in [9.17, 15) is 9.59 Å². The van der Waals surface area contributed by atoms with Crippen molar-refractivity contribution in [1.82, 2.24) is 4.90 Å². The molecule has 0 N–H and O–H groups in total. The average molecular weight is 393 g/mol. The van der Waals surface area contributed by atoms with Gasteiger partial charge in [-0.05, 0) is 50.3 Å². The van der Waals surface area contributed by atoms with Crippen LogP contribution in [-0.2, 0) is 11.3 Å². The molecule has 0 aliphatic carbocycles. The summed E-state index contributed by atoms with van der Waals surface area (Å²) >= 11 is 0. The summed E-state index contributed by atoms with van der Waals surface area (Å²) in [7, 11) is 1.59. The molecule has 152 valence electrons. The topological polar surface area (TPSA) is 55.8 Å². The van der Waals surface area contributed by atoms with Crippen molar-refractivity contribution in [2.45, 2.75) is 51.3 Å². The van der Waals surface area contributed by atoms with Crippen molar-refractivity contribution in [3.8, 4) is 5.75 Å². The maximum Gasteiger partial charge on any atom is 0.410 e. The molecule has 0 aromatic heterocycles. The quantitative estimate of drug-likeness (QED) is 0.687. The Hall–Kier alpha value is -2.82. The summed E-state index contributed by atoms with van der Waals surface area (Å²) < 4.78 is 11.0. The van der Waals surface area contributed by atoms with E-state index in [1.807, 2.05) is 60.4 Å². The molecule has 2 aromatic rings. The van der Waals surface area contributed by atoms with E-state index in [0.717, 1.165) is 24.0 Å². The van der Waals surface area contributed by atoms with Crippen molar-refractivity contribution < 1.29 is 19.1 Å². The lowest BCUT2D eigenvalue weighted by Gasteiger charge is -2.37. The molecule has 29 heavy (non-hydrogen) atoms. The van der Waals surface area contributed by atoms with Gasteiger partial charge in [0, 0.05) is 18.0 Å². The van der Waals surface area contributed by atoms with Crippen molar-refractivity contribution in [2.75, 3.05) is 7.11 Å². The molecule has 2 saturated heterocycles. The molecule has 2 heterocycles. The van der Waals surface area contributed by atoms with E-state index in [0.29, 0.717) is 24.2 Å². The van der Waals surface area contributed by atoms with E-state index in [2.05, 4.69) is 0 Å². The van der Waals surface area contributed by atoms with Crippen LogP contribution in [0.3, 0.4) is 0 Å². The monoisotopic (exact) mass is 393 g/mol. The number of methoxy groups -OCH3 is 1. The number of carbonyl (C=O) groups is 2. The maximum absolute atomic E-state index is 13.2. The zero-order chi connectivity index (χ0) is 20.4. The molecule has 0 spiro atoms. The molecule has 0 radical (unpaired) electrons. The molecule has 5 heteroatoms. The molecule has 2 bridgehead atoms. The standard InChI is InChI=1S/C24H27NO4/c1-16-8-11-22(28-2)21(12-16)23(26)18-13-19-9-10-20(14-18)25(19)24(27)29-15-17-6-4-3-5-7-17/h3-8,11-12,18-20H,9-10,13-15H2,1-2H3. The number of Topliss-reactive ketones (excluding diaryl/α,β-unsaturated/α-hetero) is 1. The van der Waals surface area contributed by atoms with Crippen LogP contribution in [0.4, 0.5) is 4.79 Å². The van der Waals surface area contributed by atoms with Crippen LogP contribution in [-0.4, -0.2) is 36.0 Å². The number of nitrogens with zero attached hydrogens (tertiary/aromatic N) is 1. The van der Waals surface area contributed by atoms with Crippen molar-refractivity contribution in [1.29, 1.82) is 0 Å². The minimum Gasteiger partial charge on any atom is -0.496 e. The number of rotatable bonds is 5. The van der Waals surface area contributed by atoms with Crippen LogP contribution in [0.25, 0.3) is 0 Å². The van der Waals surface area contributed by atoms with Gasteiger partial charge in [-0.1, -0.05) is 42.0 Å². The van der Waals surface area contributed by atoms with Crippen molar-refractivity contribution in [2.24, 2.45) is 5.92 Å². The summed E-state index contributed by atoms with van der Waals surface area (Å²) in [6.07, 6.45) is 2.97. The van der Waals surface area contributed by atoms with Gasteiger partial charge in [0.05, 0.1) is 12.7 Å². The van der Waals surface area contributed by atoms with Gasteiger partial charge in [0.2, 0.25) is 0 Å². The first-order chi connectivity index (χ1) is 14.1. The summed E-state index contributed by atoms with van der Waals surface area (Å²) in [5, 5.41) is 0. The van der Waals surface area contributed by atoms with Crippen molar-refractivity contribution >= 4 is 11.9 Å². The van der Waals surface area contributed by atoms with Crippen molar-refractivity contribution in [3.05, 3.63) is 65.2 Å². The van der Waals surface area contributed by atoms with E-state index >= 15 is 0 Å². The fourth-order valence-corrected chi connectivity index (χ4v) is 4.72. The third kappa shape index (κ3) is 4.00. The second-order valence-corrected chi connectivity index (χ2v) is 8.07. The van der Waals surface area contributed by atoms with Gasteiger partial charge in [-0.2, -0.15) is 0 Å². The molecule has 1 amide bonds. The van der Waals surface area contributed by atoms with Gasteiger partial charge < -0.3 is 14.4 Å². The fourth-order valence-electron chi connectivity index (χ4n) is 4.72. The predicted octanol–water partition coefficient (Wildman–Crippen LogP) is 4.77. The van der Waals surface area contributed by atoms with E-state index in [1.54, 1.807) is 7.11 Å². The number of piperidine rings is 1. The number of amides is 1.